The predicted octanol–water partition coefficient (Wildman–Crippen LogP) is 0.350. The van der Waals surface area contributed by atoms with Crippen molar-refractivity contribution >= 4 is 5.91 Å². The minimum absolute atomic E-state index is 0.0997. The van der Waals surface area contributed by atoms with Crippen molar-refractivity contribution in [3.05, 3.63) is 17.5 Å². The lowest BCUT2D eigenvalue weighted by atomic mass is 9.80. The third-order valence-electron chi connectivity index (χ3n) is 2.78. The SMILES string of the molecule is CN(C)C(=O)c1cc([C@H]2C[C@@H](O)C2)[nH]n1. The zero-order chi connectivity index (χ0) is 11.0. The highest BCUT2D eigenvalue weighted by Crippen LogP contribution is 2.35. The Bertz CT molecular complexity index is 366. The molecule has 15 heavy (non-hydrogen) atoms. The van der Waals surface area contributed by atoms with E-state index in [1.54, 1.807) is 20.2 Å². The summed E-state index contributed by atoms with van der Waals surface area (Å²) in [5.74, 6) is 0.230. The minimum Gasteiger partial charge on any atom is -0.393 e. The van der Waals surface area contributed by atoms with Crippen LogP contribution in [0, 0.1) is 0 Å². The molecule has 1 aliphatic carbocycles. The van der Waals surface area contributed by atoms with Crippen LogP contribution in [0.3, 0.4) is 0 Å². The molecule has 82 valence electrons. The fourth-order valence-electron chi connectivity index (χ4n) is 1.73. The molecular weight excluding hydrogens is 194 g/mol. The highest BCUT2D eigenvalue weighted by Gasteiger charge is 2.30. The van der Waals surface area contributed by atoms with Gasteiger partial charge in [-0.2, -0.15) is 5.10 Å². The first-order valence-corrected chi connectivity index (χ1v) is 5.03. The number of carbonyl (C=O) groups excluding carboxylic acids is 1. The molecule has 0 aromatic carbocycles. The van der Waals surface area contributed by atoms with Crippen LogP contribution < -0.4 is 0 Å². The van der Waals surface area contributed by atoms with Crippen molar-refractivity contribution in [2.24, 2.45) is 0 Å². The van der Waals surface area contributed by atoms with Gasteiger partial charge in [-0.25, -0.2) is 0 Å². The number of aliphatic hydroxyl groups is 1. The van der Waals surface area contributed by atoms with Gasteiger partial charge in [-0.3, -0.25) is 9.89 Å². The maximum absolute atomic E-state index is 11.5. The van der Waals surface area contributed by atoms with Crippen LogP contribution in [0.4, 0.5) is 0 Å². The van der Waals surface area contributed by atoms with E-state index in [0.717, 1.165) is 18.5 Å². The van der Waals surface area contributed by atoms with Gasteiger partial charge in [0.15, 0.2) is 0 Å². The highest BCUT2D eigenvalue weighted by molar-refractivity contribution is 5.92. The Morgan fingerprint density at radius 1 is 1.60 bits per heavy atom. The summed E-state index contributed by atoms with van der Waals surface area (Å²) in [7, 11) is 3.40. The molecule has 0 spiro atoms. The molecular formula is C10H15N3O2. The second-order valence-electron chi connectivity index (χ2n) is 4.23. The molecule has 1 fully saturated rings. The number of nitrogens with one attached hydrogen (secondary N) is 1. The van der Waals surface area contributed by atoms with E-state index < -0.39 is 0 Å². The van der Waals surface area contributed by atoms with E-state index >= 15 is 0 Å². The van der Waals surface area contributed by atoms with Gasteiger partial charge in [0, 0.05) is 25.7 Å². The maximum Gasteiger partial charge on any atom is 0.273 e. The van der Waals surface area contributed by atoms with Crippen LogP contribution in [0.15, 0.2) is 6.07 Å². The summed E-state index contributed by atoms with van der Waals surface area (Å²) >= 11 is 0. The quantitative estimate of drug-likeness (QED) is 0.738. The summed E-state index contributed by atoms with van der Waals surface area (Å²) in [6.07, 6.45) is 1.33. The first kappa shape index (κ1) is 10.2. The summed E-state index contributed by atoms with van der Waals surface area (Å²) in [6.45, 7) is 0. The van der Waals surface area contributed by atoms with E-state index in [9.17, 15) is 9.90 Å². The number of aromatic nitrogens is 2. The average Bonchev–Trinajstić information content (AvgIpc) is 2.60. The van der Waals surface area contributed by atoms with Gasteiger partial charge in [0.25, 0.3) is 5.91 Å². The van der Waals surface area contributed by atoms with Crippen LogP contribution in [0.1, 0.15) is 34.9 Å². The molecule has 0 saturated heterocycles. The minimum atomic E-state index is -0.189. The molecule has 1 aliphatic rings. The highest BCUT2D eigenvalue weighted by atomic mass is 16.3. The van der Waals surface area contributed by atoms with Crippen molar-refractivity contribution in [2.75, 3.05) is 14.1 Å². The molecule has 0 bridgehead atoms. The van der Waals surface area contributed by atoms with Gasteiger partial charge in [-0.1, -0.05) is 0 Å². The second kappa shape index (κ2) is 3.66. The Balaban J connectivity index is 2.07. The van der Waals surface area contributed by atoms with Gasteiger partial charge in [-0.05, 0) is 18.9 Å². The Morgan fingerprint density at radius 3 is 2.80 bits per heavy atom. The lowest BCUT2D eigenvalue weighted by Crippen LogP contribution is -2.26. The van der Waals surface area contributed by atoms with E-state index in [4.69, 9.17) is 0 Å². The van der Waals surface area contributed by atoms with E-state index in [2.05, 4.69) is 10.2 Å². The van der Waals surface area contributed by atoms with Gasteiger partial charge >= 0.3 is 0 Å². The van der Waals surface area contributed by atoms with Crippen LogP contribution in [0.5, 0.6) is 0 Å². The summed E-state index contributed by atoms with van der Waals surface area (Å²) in [6, 6.07) is 1.78. The van der Waals surface area contributed by atoms with Crippen LogP contribution >= 0.6 is 0 Å². The van der Waals surface area contributed by atoms with E-state index in [-0.39, 0.29) is 12.0 Å². The molecule has 1 aromatic heterocycles. The fraction of sp³-hybridized carbons (Fsp3) is 0.600. The third kappa shape index (κ3) is 1.87. The molecule has 2 rings (SSSR count). The molecule has 2 N–H and O–H groups in total. The number of hydrogen-bond acceptors (Lipinski definition) is 3. The van der Waals surface area contributed by atoms with Gasteiger partial charge in [0.1, 0.15) is 5.69 Å². The first-order valence-electron chi connectivity index (χ1n) is 5.03. The van der Waals surface area contributed by atoms with Gasteiger partial charge < -0.3 is 10.0 Å². The summed E-state index contributed by atoms with van der Waals surface area (Å²) in [5, 5.41) is 16.0. The largest absolute Gasteiger partial charge is 0.393 e. The number of rotatable bonds is 2. The Kier molecular flexibility index (Phi) is 2.48. The van der Waals surface area contributed by atoms with Crippen LogP contribution in [0.2, 0.25) is 0 Å². The Morgan fingerprint density at radius 2 is 2.27 bits per heavy atom. The molecule has 0 aliphatic heterocycles. The van der Waals surface area contributed by atoms with Crippen LogP contribution in [-0.2, 0) is 0 Å². The summed E-state index contributed by atoms with van der Waals surface area (Å²) in [4.78, 5) is 13.0. The van der Waals surface area contributed by atoms with Gasteiger partial charge in [0.2, 0.25) is 0 Å². The fourth-order valence-corrected chi connectivity index (χ4v) is 1.73. The van der Waals surface area contributed by atoms with E-state index in [1.807, 2.05) is 0 Å². The zero-order valence-corrected chi connectivity index (χ0v) is 8.90. The molecule has 1 amide bonds. The van der Waals surface area contributed by atoms with E-state index in [1.165, 1.54) is 4.90 Å². The normalized spacial score (nSPS) is 24.7. The second-order valence-corrected chi connectivity index (χ2v) is 4.23. The number of carbonyl (C=O) groups is 1. The number of H-pyrrole nitrogens is 1. The molecule has 5 nitrogen and oxygen atoms in total. The molecule has 1 heterocycles. The zero-order valence-electron chi connectivity index (χ0n) is 8.90. The molecule has 0 radical (unpaired) electrons. The number of amides is 1. The Labute approximate surface area is 88.1 Å². The standard InChI is InChI=1S/C10H15N3O2/c1-13(2)10(15)9-5-8(11-12-9)6-3-7(14)4-6/h5-7,14H,3-4H2,1-2H3,(H,11,12)/t6-,7+. The van der Waals surface area contributed by atoms with Gasteiger partial charge in [0.05, 0.1) is 6.10 Å². The monoisotopic (exact) mass is 209 g/mol. The van der Waals surface area contributed by atoms with Crippen molar-refractivity contribution < 1.29 is 9.90 Å². The third-order valence-corrected chi connectivity index (χ3v) is 2.78. The van der Waals surface area contributed by atoms with Crippen molar-refractivity contribution in [3.8, 4) is 0 Å². The molecule has 1 aromatic rings. The average molecular weight is 209 g/mol. The number of hydrogen-bond donors (Lipinski definition) is 2. The molecule has 1 saturated carbocycles. The molecule has 0 unspecified atom stereocenters. The van der Waals surface area contributed by atoms with Crippen LogP contribution in [0.25, 0.3) is 0 Å². The number of nitrogens with zero attached hydrogens (tertiary/aromatic N) is 2. The summed E-state index contributed by atoms with van der Waals surface area (Å²) in [5.41, 5.74) is 1.39. The van der Waals surface area contributed by atoms with Crippen molar-refractivity contribution in [1.29, 1.82) is 0 Å². The van der Waals surface area contributed by atoms with Crippen molar-refractivity contribution in [1.82, 2.24) is 15.1 Å². The maximum atomic E-state index is 11.5. The predicted molar refractivity (Wildman–Crippen MR) is 54.6 cm³/mol. The Hall–Kier alpha value is -1.36. The lowest BCUT2D eigenvalue weighted by Gasteiger charge is -2.30. The lowest BCUT2D eigenvalue weighted by molar-refractivity contribution is 0.0732. The molecule has 0 atom stereocenters. The van der Waals surface area contributed by atoms with Crippen molar-refractivity contribution in [3.63, 3.8) is 0 Å². The first-order chi connectivity index (χ1) is 7.08. The number of aliphatic hydroxyl groups excluding tert-OH is 1. The van der Waals surface area contributed by atoms with Gasteiger partial charge in [-0.15, -0.1) is 0 Å². The van der Waals surface area contributed by atoms with E-state index in [0.29, 0.717) is 11.6 Å². The molecule has 5 heteroatoms. The number of aromatic amines is 1. The topological polar surface area (TPSA) is 69.2 Å². The van der Waals surface area contributed by atoms with Crippen LogP contribution in [-0.4, -0.2) is 46.3 Å². The summed E-state index contributed by atoms with van der Waals surface area (Å²) < 4.78 is 0. The van der Waals surface area contributed by atoms with Crippen molar-refractivity contribution in [2.45, 2.75) is 24.9 Å². The smallest absolute Gasteiger partial charge is 0.273 e.